The molecule has 0 spiro atoms. The zero-order valence-electron chi connectivity index (χ0n) is 10.5. The number of carbonyl (C=O) groups is 1. The third kappa shape index (κ3) is 3.10. The van der Waals surface area contributed by atoms with Crippen LogP contribution in [0.15, 0.2) is 18.2 Å². The van der Waals surface area contributed by atoms with Crippen LogP contribution in [0.1, 0.15) is 20.8 Å². The molecule has 1 aromatic carbocycles. The van der Waals surface area contributed by atoms with E-state index in [1.54, 1.807) is 12.1 Å². The van der Waals surface area contributed by atoms with E-state index in [1.165, 1.54) is 11.3 Å². The van der Waals surface area contributed by atoms with Gasteiger partial charge in [0.05, 0.1) is 10.2 Å². The zero-order chi connectivity index (χ0) is 13.3. The number of amides is 1. The molecule has 0 atom stereocenters. The van der Waals surface area contributed by atoms with E-state index in [9.17, 15) is 4.79 Å². The first-order chi connectivity index (χ1) is 8.33. The lowest BCUT2D eigenvalue weighted by Gasteiger charge is -2.18. The number of nitrogens with two attached hydrogens (primary N) is 1. The number of aromatic nitrogens is 1. The largest absolute Gasteiger partial charge is 0.444 e. The number of hydrogen-bond donors (Lipinski definition) is 2. The second-order valence-corrected chi connectivity index (χ2v) is 5.90. The number of nitrogens with one attached hydrogen (secondary N) is 1. The topological polar surface area (TPSA) is 77.2 Å². The van der Waals surface area contributed by atoms with Crippen molar-refractivity contribution in [3.8, 4) is 0 Å². The van der Waals surface area contributed by atoms with Crippen molar-refractivity contribution in [3.05, 3.63) is 18.2 Å². The average Bonchev–Trinajstić information content (AvgIpc) is 2.55. The number of anilines is 2. The molecule has 1 aromatic heterocycles. The number of nitrogens with zero attached hydrogens (tertiary/aromatic N) is 1. The minimum atomic E-state index is -0.523. The summed E-state index contributed by atoms with van der Waals surface area (Å²) >= 11 is 1.38. The Morgan fingerprint density at radius 1 is 1.44 bits per heavy atom. The smallest absolute Gasteiger partial charge is 0.413 e. The predicted octanol–water partition coefficient (Wildman–Crippen LogP) is 3.23. The minimum Gasteiger partial charge on any atom is -0.444 e. The standard InChI is InChI=1S/C12H15N3O2S/c1-12(2,3)17-11(16)15-10-14-8-6-7(13)4-5-9(8)18-10/h4-6H,13H2,1-3H3,(H,14,15,16). The lowest BCUT2D eigenvalue weighted by atomic mass is 10.2. The van der Waals surface area contributed by atoms with E-state index in [-0.39, 0.29) is 0 Å². The van der Waals surface area contributed by atoms with Crippen molar-refractivity contribution in [2.45, 2.75) is 26.4 Å². The van der Waals surface area contributed by atoms with Gasteiger partial charge in [0, 0.05) is 5.69 Å². The van der Waals surface area contributed by atoms with Crippen LogP contribution in [-0.4, -0.2) is 16.7 Å². The molecule has 0 saturated heterocycles. The summed E-state index contributed by atoms with van der Waals surface area (Å²) in [5.74, 6) is 0. The van der Waals surface area contributed by atoms with E-state index in [0.29, 0.717) is 10.8 Å². The number of hydrogen-bond acceptors (Lipinski definition) is 5. The van der Waals surface area contributed by atoms with E-state index in [0.717, 1.165) is 10.2 Å². The fraction of sp³-hybridized carbons (Fsp3) is 0.333. The van der Waals surface area contributed by atoms with Gasteiger partial charge < -0.3 is 10.5 Å². The molecule has 96 valence electrons. The summed E-state index contributed by atoms with van der Waals surface area (Å²) < 4.78 is 6.12. The molecule has 0 fully saturated rings. The molecule has 2 aromatic rings. The number of rotatable bonds is 1. The minimum absolute atomic E-state index is 0.504. The summed E-state index contributed by atoms with van der Waals surface area (Å²) in [5, 5.41) is 3.12. The molecule has 5 nitrogen and oxygen atoms in total. The van der Waals surface area contributed by atoms with Crippen molar-refractivity contribution in [2.75, 3.05) is 11.1 Å². The highest BCUT2D eigenvalue weighted by Gasteiger charge is 2.17. The van der Waals surface area contributed by atoms with Crippen molar-refractivity contribution >= 4 is 38.5 Å². The molecular weight excluding hydrogens is 250 g/mol. The summed E-state index contributed by atoms with van der Waals surface area (Å²) in [6, 6.07) is 5.45. The van der Waals surface area contributed by atoms with Crippen molar-refractivity contribution in [3.63, 3.8) is 0 Å². The first-order valence-electron chi connectivity index (χ1n) is 5.49. The molecule has 1 heterocycles. The number of benzene rings is 1. The molecule has 0 radical (unpaired) electrons. The molecule has 3 N–H and O–H groups in total. The van der Waals surface area contributed by atoms with Gasteiger partial charge in [-0.2, -0.15) is 0 Å². The van der Waals surface area contributed by atoms with Crippen LogP contribution in [0.4, 0.5) is 15.6 Å². The van der Waals surface area contributed by atoms with Crippen LogP contribution < -0.4 is 11.1 Å². The van der Waals surface area contributed by atoms with Gasteiger partial charge in [0.25, 0.3) is 0 Å². The van der Waals surface area contributed by atoms with E-state index in [2.05, 4.69) is 10.3 Å². The normalized spacial score (nSPS) is 11.5. The lowest BCUT2D eigenvalue weighted by molar-refractivity contribution is 0.0636. The molecule has 18 heavy (non-hydrogen) atoms. The molecule has 0 aliphatic carbocycles. The Balaban J connectivity index is 2.15. The molecule has 6 heteroatoms. The van der Waals surface area contributed by atoms with Crippen molar-refractivity contribution < 1.29 is 9.53 Å². The van der Waals surface area contributed by atoms with E-state index >= 15 is 0 Å². The second-order valence-electron chi connectivity index (χ2n) is 4.87. The zero-order valence-corrected chi connectivity index (χ0v) is 11.3. The number of nitrogen functional groups attached to an aromatic ring is 1. The highest BCUT2D eigenvalue weighted by molar-refractivity contribution is 7.22. The number of carbonyl (C=O) groups excluding carboxylic acids is 1. The highest BCUT2D eigenvalue weighted by Crippen LogP contribution is 2.27. The fourth-order valence-corrected chi connectivity index (χ4v) is 2.22. The molecule has 0 bridgehead atoms. The van der Waals surface area contributed by atoms with Gasteiger partial charge in [-0.3, -0.25) is 5.32 Å². The van der Waals surface area contributed by atoms with E-state index < -0.39 is 11.7 Å². The van der Waals surface area contributed by atoms with Crippen molar-refractivity contribution in [1.29, 1.82) is 0 Å². The maximum Gasteiger partial charge on any atom is 0.413 e. The summed E-state index contributed by atoms with van der Waals surface area (Å²) in [6.07, 6.45) is -0.505. The van der Waals surface area contributed by atoms with Gasteiger partial charge in [-0.1, -0.05) is 11.3 Å². The highest BCUT2D eigenvalue weighted by atomic mass is 32.1. The number of thiazole rings is 1. The third-order valence-electron chi connectivity index (χ3n) is 2.02. The summed E-state index contributed by atoms with van der Waals surface area (Å²) in [5.41, 5.74) is 6.57. The Labute approximate surface area is 109 Å². The maximum absolute atomic E-state index is 11.6. The third-order valence-corrected chi connectivity index (χ3v) is 2.97. The first kappa shape index (κ1) is 12.6. The fourth-order valence-electron chi connectivity index (χ4n) is 1.39. The molecule has 0 aliphatic heterocycles. The molecule has 0 saturated carbocycles. The Morgan fingerprint density at radius 2 is 2.17 bits per heavy atom. The predicted molar refractivity (Wildman–Crippen MR) is 73.9 cm³/mol. The average molecular weight is 265 g/mol. The molecule has 2 rings (SSSR count). The van der Waals surface area contributed by atoms with E-state index in [1.807, 2.05) is 26.8 Å². The lowest BCUT2D eigenvalue weighted by Crippen LogP contribution is -2.27. The van der Waals surface area contributed by atoms with Gasteiger partial charge in [-0.25, -0.2) is 9.78 Å². The van der Waals surface area contributed by atoms with Gasteiger partial charge in [-0.05, 0) is 39.0 Å². The Kier molecular flexibility index (Phi) is 3.13. The first-order valence-corrected chi connectivity index (χ1v) is 6.31. The molecule has 1 amide bonds. The SMILES string of the molecule is CC(C)(C)OC(=O)Nc1nc2cc(N)ccc2s1. The maximum atomic E-state index is 11.6. The van der Waals surface area contributed by atoms with E-state index in [4.69, 9.17) is 10.5 Å². The van der Waals surface area contributed by atoms with Gasteiger partial charge in [0.15, 0.2) is 5.13 Å². The van der Waals surface area contributed by atoms with Crippen molar-refractivity contribution in [2.24, 2.45) is 0 Å². The van der Waals surface area contributed by atoms with Crippen LogP contribution in [-0.2, 0) is 4.74 Å². The quantitative estimate of drug-likeness (QED) is 0.776. The molecule has 0 aliphatic rings. The monoisotopic (exact) mass is 265 g/mol. The van der Waals surface area contributed by atoms with Crippen molar-refractivity contribution in [1.82, 2.24) is 4.98 Å². The molecule has 0 unspecified atom stereocenters. The van der Waals surface area contributed by atoms with Gasteiger partial charge in [0.2, 0.25) is 0 Å². The Bertz CT molecular complexity index is 587. The van der Waals surface area contributed by atoms with Crippen LogP contribution in [0.3, 0.4) is 0 Å². The number of fused-ring (bicyclic) bond motifs is 1. The molecular formula is C12H15N3O2S. The summed E-state index contributed by atoms with van der Waals surface area (Å²) in [6.45, 7) is 5.43. The van der Waals surface area contributed by atoms with Gasteiger partial charge >= 0.3 is 6.09 Å². The van der Waals surface area contributed by atoms with Crippen LogP contribution in [0, 0.1) is 0 Å². The Hall–Kier alpha value is -1.82. The van der Waals surface area contributed by atoms with Crippen LogP contribution in [0.5, 0.6) is 0 Å². The summed E-state index contributed by atoms with van der Waals surface area (Å²) in [4.78, 5) is 15.9. The second kappa shape index (κ2) is 4.45. The van der Waals surface area contributed by atoms with Crippen LogP contribution in [0.2, 0.25) is 0 Å². The van der Waals surface area contributed by atoms with Gasteiger partial charge in [0.1, 0.15) is 5.60 Å². The Morgan fingerprint density at radius 3 is 2.83 bits per heavy atom. The van der Waals surface area contributed by atoms with Crippen LogP contribution in [0.25, 0.3) is 10.2 Å². The van der Waals surface area contributed by atoms with Gasteiger partial charge in [-0.15, -0.1) is 0 Å². The van der Waals surface area contributed by atoms with Crippen LogP contribution >= 0.6 is 11.3 Å². The number of ether oxygens (including phenoxy) is 1. The summed E-state index contributed by atoms with van der Waals surface area (Å²) in [7, 11) is 0.